The first-order chi connectivity index (χ1) is 11.2. The number of rotatable bonds is 4. The minimum atomic E-state index is -0.710. The van der Waals surface area contributed by atoms with Crippen LogP contribution in [0.5, 0.6) is 0 Å². The number of carbonyl (C=O) groups is 2. The third-order valence-corrected chi connectivity index (χ3v) is 4.63. The summed E-state index contributed by atoms with van der Waals surface area (Å²) in [6.45, 7) is 0.619. The molecule has 1 saturated carbocycles. The van der Waals surface area contributed by atoms with E-state index in [0.29, 0.717) is 25.1 Å². The summed E-state index contributed by atoms with van der Waals surface area (Å²) >= 11 is 0. The van der Waals surface area contributed by atoms with Crippen LogP contribution < -0.4 is 0 Å². The average Bonchev–Trinajstić information content (AvgIpc) is 3.19. The molecule has 0 spiro atoms. The molecule has 2 bridgehead atoms. The first kappa shape index (κ1) is 14.9. The largest absolute Gasteiger partial charge is 0.369 e. The van der Waals surface area contributed by atoms with Crippen molar-refractivity contribution in [3.8, 4) is 0 Å². The number of hydrogen-bond donors (Lipinski definition) is 0. The van der Waals surface area contributed by atoms with Gasteiger partial charge in [-0.3, -0.25) is 9.59 Å². The first-order valence-corrected chi connectivity index (χ1v) is 8.05. The maximum atomic E-state index is 11.9. The molecule has 2 saturated heterocycles. The second-order valence-corrected chi connectivity index (χ2v) is 6.28. The minimum Gasteiger partial charge on any atom is -0.369 e. The molecule has 1 unspecified atom stereocenters. The van der Waals surface area contributed by atoms with Crippen LogP contribution in [0.2, 0.25) is 0 Å². The Morgan fingerprint density at radius 3 is 3.09 bits per heavy atom. The van der Waals surface area contributed by atoms with Crippen molar-refractivity contribution in [2.24, 2.45) is 0 Å². The van der Waals surface area contributed by atoms with Crippen LogP contribution in [0.15, 0.2) is 6.20 Å². The summed E-state index contributed by atoms with van der Waals surface area (Å²) in [5.74, 6) is 0.134. The zero-order valence-electron chi connectivity index (χ0n) is 12.7. The number of Topliss-reactive ketones (excluding diaryl/α,β-unsaturated/α-hetero) is 2. The predicted molar refractivity (Wildman–Crippen MR) is 75.3 cm³/mol. The standard InChI is InChI=1S/C15H19N3O5/c19-11-4-2-1-3-10(11)18-6-9(16-17-18)7-21-13-5-12(20)15-22-8-14(13)23-15/h6,10,13-15H,1-5,7-8H2/t10?,13-,14+,15+/m0/s1. The number of ether oxygens (including phenoxy) is 3. The summed E-state index contributed by atoms with van der Waals surface area (Å²) in [6, 6.07) is -0.200. The third kappa shape index (κ3) is 2.93. The Morgan fingerprint density at radius 2 is 2.22 bits per heavy atom. The van der Waals surface area contributed by atoms with Gasteiger partial charge in [-0.1, -0.05) is 11.6 Å². The summed E-state index contributed by atoms with van der Waals surface area (Å²) in [6.07, 6.45) is 4.24. The Hall–Kier alpha value is -1.64. The molecule has 0 radical (unpaired) electrons. The molecule has 23 heavy (non-hydrogen) atoms. The van der Waals surface area contributed by atoms with E-state index in [2.05, 4.69) is 10.3 Å². The monoisotopic (exact) mass is 321 g/mol. The van der Waals surface area contributed by atoms with Crippen LogP contribution in [0.1, 0.15) is 43.8 Å². The third-order valence-electron chi connectivity index (χ3n) is 4.63. The van der Waals surface area contributed by atoms with E-state index in [-0.39, 0.29) is 36.4 Å². The highest BCUT2D eigenvalue weighted by Gasteiger charge is 2.43. The van der Waals surface area contributed by atoms with Crippen LogP contribution in [0.3, 0.4) is 0 Å². The second kappa shape index (κ2) is 6.10. The SMILES string of the molecule is O=C1CCCCC1n1cc(CO[C@H]2CC(=O)[C@@H]3OC[C@H]2O3)nn1. The van der Waals surface area contributed by atoms with Gasteiger partial charge in [0.25, 0.3) is 0 Å². The van der Waals surface area contributed by atoms with Crippen LogP contribution in [0, 0.1) is 0 Å². The van der Waals surface area contributed by atoms with Gasteiger partial charge in [0.1, 0.15) is 17.8 Å². The van der Waals surface area contributed by atoms with Gasteiger partial charge in [0.2, 0.25) is 6.29 Å². The van der Waals surface area contributed by atoms with Gasteiger partial charge in [-0.15, -0.1) is 5.10 Å². The second-order valence-electron chi connectivity index (χ2n) is 6.28. The molecule has 3 fully saturated rings. The highest BCUT2D eigenvalue weighted by molar-refractivity contribution is 5.83. The summed E-state index contributed by atoms with van der Waals surface area (Å²) < 4.78 is 18.1. The van der Waals surface area contributed by atoms with Crippen molar-refractivity contribution in [1.29, 1.82) is 0 Å². The molecule has 1 aliphatic carbocycles. The Labute approximate surface area is 133 Å². The lowest BCUT2D eigenvalue weighted by Crippen LogP contribution is -2.40. The molecule has 0 amide bonds. The number of carbonyl (C=O) groups excluding carboxylic acids is 2. The molecule has 0 aromatic carbocycles. The van der Waals surface area contributed by atoms with E-state index in [1.165, 1.54) is 0 Å². The van der Waals surface area contributed by atoms with Crippen LogP contribution >= 0.6 is 0 Å². The highest BCUT2D eigenvalue weighted by atomic mass is 16.7. The van der Waals surface area contributed by atoms with Crippen LogP contribution in [0.4, 0.5) is 0 Å². The molecule has 3 heterocycles. The molecule has 0 N–H and O–H groups in total. The highest BCUT2D eigenvalue weighted by Crippen LogP contribution is 2.28. The van der Waals surface area contributed by atoms with Gasteiger partial charge < -0.3 is 14.2 Å². The van der Waals surface area contributed by atoms with Crippen molar-refractivity contribution < 1.29 is 23.8 Å². The maximum absolute atomic E-state index is 11.9. The molecule has 8 nitrogen and oxygen atoms in total. The molecule has 4 atom stereocenters. The minimum absolute atomic E-state index is 0.0831. The molecule has 2 aliphatic heterocycles. The van der Waals surface area contributed by atoms with Gasteiger partial charge in [0.05, 0.1) is 25.5 Å². The first-order valence-electron chi connectivity index (χ1n) is 8.05. The summed E-state index contributed by atoms with van der Waals surface area (Å²) in [5.41, 5.74) is 0.650. The fourth-order valence-electron chi connectivity index (χ4n) is 3.34. The van der Waals surface area contributed by atoms with Crippen molar-refractivity contribution in [2.45, 2.75) is 63.3 Å². The van der Waals surface area contributed by atoms with E-state index in [1.54, 1.807) is 10.9 Å². The lowest BCUT2D eigenvalue weighted by Gasteiger charge is -2.26. The van der Waals surface area contributed by atoms with Gasteiger partial charge in [0.15, 0.2) is 11.6 Å². The summed E-state index contributed by atoms with van der Waals surface area (Å²) in [4.78, 5) is 23.7. The molecule has 4 rings (SSSR count). The van der Waals surface area contributed by atoms with E-state index in [0.717, 1.165) is 19.3 Å². The Kier molecular flexibility index (Phi) is 3.96. The Morgan fingerprint density at radius 1 is 1.30 bits per heavy atom. The molecule has 1 aromatic rings. The normalized spacial score (nSPS) is 34.1. The number of aromatic nitrogens is 3. The molecule has 3 aliphatic rings. The quantitative estimate of drug-likeness (QED) is 0.800. The van der Waals surface area contributed by atoms with Gasteiger partial charge in [-0.2, -0.15) is 0 Å². The smallest absolute Gasteiger partial charge is 0.218 e. The van der Waals surface area contributed by atoms with Crippen molar-refractivity contribution in [2.75, 3.05) is 6.61 Å². The van der Waals surface area contributed by atoms with Gasteiger partial charge in [-0.25, -0.2) is 4.68 Å². The number of hydrogen-bond acceptors (Lipinski definition) is 7. The summed E-state index contributed by atoms with van der Waals surface area (Å²) in [5, 5.41) is 8.13. The number of fused-ring (bicyclic) bond motifs is 2. The van der Waals surface area contributed by atoms with Gasteiger partial charge in [-0.05, 0) is 12.8 Å². The van der Waals surface area contributed by atoms with Crippen molar-refractivity contribution >= 4 is 11.6 Å². The van der Waals surface area contributed by atoms with Crippen molar-refractivity contribution in [3.05, 3.63) is 11.9 Å². The van der Waals surface area contributed by atoms with Crippen LogP contribution in [-0.2, 0) is 30.4 Å². The fourth-order valence-corrected chi connectivity index (χ4v) is 3.34. The molecular formula is C15H19N3O5. The van der Waals surface area contributed by atoms with E-state index < -0.39 is 6.29 Å². The zero-order chi connectivity index (χ0) is 15.8. The van der Waals surface area contributed by atoms with E-state index in [4.69, 9.17) is 14.2 Å². The zero-order valence-corrected chi connectivity index (χ0v) is 12.7. The number of ketones is 2. The molecule has 1 aromatic heterocycles. The van der Waals surface area contributed by atoms with E-state index in [1.807, 2.05) is 0 Å². The van der Waals surface area contributed by atoms with E-state index >= 15 is 0 Å². The lowest BCUT2D eigenvalue weighted by atomic mass is 9.94. The van der Waals surface area contributed by atoms with E-state index in [9.17, 15) is 9.59 Å². The van der Waals surface area contributed by atoms with Crippen molar-refractivity contribution in [1.82, 2.24) is 15.0 Å². The molecule has 124 valence electrons. The average molecular weight is 321 g/mol. The molecule has 8 heteroatoms. The maximum Gasteiger partial charge on any atom is 0.218 e. The van der Waals surface area contributed by atoms with Crippen molar-refractivity contribution in [3.63, 3.8) is 0 Å². The van der Waals surface area contributed by atoms with Gasteiger partial charge >= 0.3 is 0 Å². The number of nitrogens with zero attached hydrogens (tertiary/aromatic N) is 3. The van der Waals surface area contributed by atoms with Crippen LogP contribution in [-0.4, -0.2) is 51.7 Å². The Bertz CT molecular complexity index is 616. The van der Waals surface area contributed by atoms with Gasteiger partial charge in [0, 0.05) is 12.8 Å². The Balaban J connectivity index is 1.36. The fraction of sp³-hybridized carbons (Fsp3) is 0.733. The molecular weight excluding hydrogens is 302 g/mol. The predicted octanol–water partition coefficient (Wildman–Crippen LogP) is 0.562. The topological polar surface area (TPSA) is 92.5 Å². The summed E-state index contributed by atoms with van der Waals surface area (Å²) in [7, 11) is 0. The lowest BCUT2D eigenvalue weighted by molar-refractivity contribution is -0.168. The van der Waals surface area contributed by atoms with Crippen LogP contribution in [0.25, 0.3) is 0 Å².